The minimum atomic E-state index is -0.417. The summed E-state index contributed by atoms with van der Waals surface area (Å²) in [6, 6.07) is 9.68. The van der Waals surface area contributed by atoms with Crippen molar-refractivity contribution in [2.24, 2.45) is 0 Å². The van der Waals surface area contributed by atoms with Gasteiger partial charge in [0.1, 0.15) is 0 Å². The first-order valence-corrected chi connectivity index (χ1v) is 11.0. The number of nitrogens with one attached hydrogen (secondary N) is 1. The number of aryl methyl sites for hydroxylation is 3. The van der Waals surface area contributed by atoms with E-state index >= 15 is 0 Å². The minimum Gasteiger partial charge on any atom is -0.456 e. The monoisotopic (exact) mass is 435 g/mol. The minimum absolute atomic E-state index is 0.174. The predicted octanol–water partition coefficient (Wildman–Crippen LogP) is 3.37. The second-order valence-corrected chi connectivity index (χ2v) is 8.27. The Morgan fingerprint density at radius 3 is 2.53 bits per heavy atom. The molecule has 3 heterocycles. The standard InChI is InChI=1S/C24H29N5O3/c1-16-14-22-25-17(2)21(18(3)29(22)27-16)10-11-24(31)32-15-23(30)26-19-6-8-20(9-7-19)28-12-4-5-13-28/h6-9,14H,4-5,10-13,15H2,1-3H3,(H,26,30). The third-order valence-corrected chi connectivity index (χ3v) is 5.85. The number of hydrogen-bond donors (Lipinski definition) is 1. The summed E-state index contributed by atoms with van der Waals surface area (Å²) in [5.74, 6) is -0.769. The molecule has 0 spiro atoms. The highest BCUT2D eigenvalue weighted by atomic mass is 16.5. The summed E-state index contributed by atoms with van der Waals surface area (Å²) in [6.07, 6.45) is 3.10. The Hall–Kier alpha value is -3.42. The molecular weight excluding hydrogens is 406 g/mol. The molecule has 1 fully saturated rings. The lowest BCUT2D eigenvalue weighted by Gasteiger charge is -2.17. The van der Waals surface area contributed by atoms with E-state index in [1.165, 1.54) is 12.8 Å². The van der Waals surface area contributed by atoms with Gasteiger partial charge in [0, 0.05) is 48.3 Å². The molecule has 1 aromatic carbocycles. The van der Waals surface area contributed by atoms with Crippen LogP contribution >= 0.6 is 0 Å². The van der Waals surface area contributed by atoms with Crippen LogP contribution in [0.15, 0.2) is 30.3 Å². The summed E-state index contributed by atoms with van der Waals surface area (Å²) in [7, 11) is 0. The van der Waals surface area contributed by atoms with Crippen molar-refractivity contribution in [1.29, 1.82) is 0 Å². The van der Waals surface area contributed by atoms with Crippen LogP contribution in [0, 0.1) is 20.8 Å². The number of carbonyl (C=O) groups is 2. The lowest BCUT2D eigenvalue weighted by atomic mass is 10.1. The normalized spacial score (nSPS) is 13.5. The fourth-order valence-corrected chi connectivity index (χ4v) is 4.18. The quantitative estimate of drug-likeness (QED) is 0.573. The number of fused-ring (bicyclic) bond motifs is 1. The molecule has 8 nitrogen and oxygen atoms in total. The number of carbonyl (C=O) groups excluding carboxylic acids is 2. The molecule has 0 unspecified atom stereocenters. The summed E-state index contributed by atoms with van der Waals surface area (Å²) in [5, 5.41) is 7.22. The molecule has 1 aliphatic rings. The lowest BCUT2D eigenvalue weighted by molar-refractivity contribution is -0.147. The fraction of sp³-hybridized carbons (Fsp3) is 0.417. The van der Waals surface area contributed by atoms with Crippen LogP contribution < -0.4 is 10.2 Å². The molecule has 32 heavy (non-hydrogen) atoms. The smallest absolute Gasteiger partial charge is 0.306 e. The van der Waals surface area contributed by atoms with Gasteiger partial charge in [-0.3, -0.25) is 9.59 Å². The van der Waals surface area contributed by atoms with Crippen LogP contribution in [-0.2, 0) is 20.7 Å². The van der Waals surface area contributed by atoms with Gasteiger partial charge in [-0.15, -0.1) is 0 Å². The van der Waals surface area contributed by atoms with Gasteiger partial charge < -0.3 is 15.0 Å². The Morgan fingerprint density at radius 2 is 1.81 bits per heavy atom. The molecule has 1 aliphatic heterocycles. The number of nitrogens with zero attached hydrogens (tertiary/aromatic N) is 4. The summed E-state index contributed by atoms with van der Waals surface area (Å²) in [4.78, 5) is 31.3. The van der Waals surface area contributed by atoms with Crippen molar-refractivity contribution >= 4 is 28.9 Å². The molecule has 168 valence electrons. The molecule has 0 radical (unpaired) electrons. The number of anilines is 2. The van der Waals surface area contributed by atoms with Crippen molar-refractivity contribution in [3.63, 3.8) is 0 Å². The first kappa shape index (κ1) is 21.8. The SMILES string of the molecule is Cc1cc2nc(C)c(CCC(=O)OCC(=O)Nc3ccc(N4CCCC4)cc3)c(C)n2n1. The highest BCUT2D eigenvalue weighted by molar-refractivity contribution is 5.93. The first-order valence-electron chi connectivity index (χ1n) is 11.0. The Morgan fingerprint density at radius 1 is 1.09 bits per heavy atom. The van der Waals surface area contributed by atoms with E-state index < -0.39 is 5.97 Å². The number of rotatable bonds is 7. The Bertz CT molecular complexity index is 1130. The molecule has 0 bridgehead atoms. The maximum Gasteiger partial charge on any atom is 0.306 e. The zero-order valence-electron chi connectivity index (χ0n) is 18.9. The maximum absolute atomic E-state index is 12.2. The number of hydrogen-bond acceptors (Lipinski definition) is 6. The van der Waals surface area contributed by atoms with Gasteiger partial charge in [0.05, 0.1) is 5.69 Å². The Labute approximate surface area is 187 Å². The topological polar surface area (TPSA) is 88.8 Å². The highest BCUT2D eigenvalue weighted by Gasteiger charge is 2.15. The van der Waals surface area contributed by atoms with Gasteiger partial charge in [-0.25, -0.2) is 9.50 Å². The third-order valence-electron chi connectivity index (χ3n) is 5.85. The molecule has 2 aromatic heterocycles. The van der Waals surface area contributed by atoms with Crippen LogP contribution in [0.25, 0.3) is 5.65 Å². The zero-order chi connectivity index (χ0) is 22.7. The second kappa shape index (κ2) is 9.38. The van der Waals surface area contributed by atoms with Crippen LogP contribution in [0.5, 0.6) is 0 Å². The molecule has 1 saturated heterocycles. The predicted molar refractivity (Wildman–Crippen MR) is 123 cm³/mol. The maximum atomic E-state index is 12.2. The van der Waals surface area contributed by atoms with Gasteiger partial charge in [-0.2, -0.15) is 5.10 Å². The average molecular weight is 436 g/mol. The summed E-state index contributed by atoms with van der Waals surface area (Å²) >= 11 is 0. The Kier molecular flexibility index (Phi) is 6.39. The van der Waals surface area contributed by atoms with Gasteiger partial charge in [0.25, 0.3) is 5.91 Å². The third kappa shape index (κ3) is 4.90. The molecule has 3 aromatic rings. The van der Waals surface area contributed by atoms with Crippen molar-refractivity contribution in [2.75, 3.05) is 29.9 Å². The van der Waals surface area contributed by atoms with Crippen LogP contribution in [0.4, 0.5) is 11.4 Å². The van der Waals surface area contributed by atoms with E-state index in [0.29, 0.717) is 12.1 Å². The number of aromatic nitrogens is 3. The number of amides is 1. The van der Waals surface area contributed by atoms with E-state index in [0.717, 1.165) is 47.1 Å². The Balaban J connectivity index is 1.26. The van der Waals surface area contributed by atoms with E-state index in [1.54, 1.807) is 4.52 Å². The van der Waals surface area contributed by atoms with Gasteiger partial charge in [0.15, 0.2) is 12.3 Å². The zero-order valence-corrected chi connectivity index (χ0v) is 18.9. The molecular formula is C24H29N5O3. The van der Waals surface area contributed by atoms with Crippen molar-refractivity contribution in [2.45, 2.75) is 46.5 Å². The number of benzene rings is 1. The lowest BCUT2D eigenvalue weighted by Crippen LogP contribution is -2.21. The van der Waals surface area contributed by atoms with E-state index in [9.17, 15) is 9.59 Å². The second-order valence-electron chi connectivity index (χ2n) is 8.27. The summed E-state index contributed by atoms with van der Waals surface area (Å²) < 4.78 is 6.97. The van der Waals surface area contributed by atoms with Crippen molar-refractivity contribution in [3.8, 4) is 0 Å². The number of esters is 1. The molecule has 0 atom stereocenters. The van der Waals surface area contributed by atoms with Gasteiger partial charge >= 0.3 is 5.97 Å². The van der Waals surface area contributed by atoms with Gasteiger partial charge in [0.2, 0.25) is 0 Å². The van der Waals surface area contributed by atoms with Crippen molar-refractivity contribution in [3.05, 3.63) is 53.0 Å². The van der Waals surface area contributed by atoms with Gasteiger partial charge in [-0.1, -0.05) is 0 Å². The summed E-state index contributed by atoms with van der Waals surface area (Å²) in [6.45, 7) is 7.67. The molecule has 1 amide bonds. The average Bonchev–Trinajstić information content (AvgIpc) is 3.42. The van der Waals surface area contributed by atoms with Crippen LogP contribution in [0.3, 0.4) is 0 Å². The first-order chi connectivity index (χ1) is 15.4. The van der Waals surface area contributed by atoms with E-state index in [1.807, 2.05) is 51.1 Å². The molecule has 1 N–H and O–H groups in total. The van der Waals surface area contributed by atoms with Gasteiger partial charge in [-0.05, 0) is 69.9 Å². The van der Waals surface area contributed by atoms with Crippen LogP contribution in [0.1, 0.15) is 41.9 Å². The molecule has 0 saturated carbocycles. The molecule has 0 aliphatic carbocycles. The van der Waals surface area contributed by atoms with E-state index in [2.05, 4.69) is 20.3 Å². The van der Waals surface area contributed by atoms with Crippen LogP contribution in [-0.4, -0.2) is 46.2 Å². The van der Waals surface area contributed by atoms with E-state index in [4.69, 9.17) is 4.74 Å². The van der Waals surface area contributed by atoms with Crippen molar-refractivity contribution in [1.82, 2.24) is 14.6 Å². The number of ether oxygens (including phenoxy) is 1. The fourth-order valence-electron chi connectivity index (χ4n) is 4.18. The van der Waals surface area contributed by atoms with Crippen molar-refractivity contribution < 1.29 is 14.3 Å². The highest BCUT2D eigenvalue weighted by Crippen LogP contribution is 2.22. The summed E-state index contributed by atoms with van der Waals surface area (Å²) in [5.41, 5.74) is 6.35. The largest absolute Gasteiger partial charge is 0.456 e. The molecule has 4 rings (SSSR count). The van der Waals surface area contributed by atoms with E-state index in [-0.39, 0.29) is 18.9 Å². The van der Waals surface area contributed by atoms with Crippen LogP contribution in [0.2, 0.25) is 0 Å². The molecule has 8 heteroatoms.